The van der Waals surface area contributed by atoms with Crippen molar-refractivity contribution in [3.8, 4) is 0 Å². The number of rotatable bonds is 6. The Morgan fingerprint density at radius 3 is 2.12 bits per heavy atom. The summed E-state index contributed by atoms with van der Waals surface area (Å²) in [4.78, 5) is 2.77. The Kier molecular flexibility index (Phi) is 5.50. The van der Waals surface area contributed by atoms with Crippen molar-refractivity contribution in [2.24, 2.45) is 5.41 Å². The van der Waals surface area contributed by atoms with E-state index in [1.165, 1.54) is 58.0 Å². The molecule has 1 nitrogen and oxygen atoms in total. The summed E-state index contributed by atoms with van der Waals surface area (Å²) >= 11 is 0. The molecule has 1 rings (SSSR count). The molecule has 1 heteroatoms. The molecule has 1 aliphatic rings. The zero-order valence-electron chi connectivity index (χ0n) is 12.8. The predicted molar refractivity (Wildman–Crippen MR) is 77.4 cm³/mol. The molecule has 1 fully saturated rings. The van der Waals surface area contributed by atoms with E-state index in [4.69, 9.17) is 0 Å². The Hall–Kier alpha value is -0.0400. The first-order chi connectivity index (χ1) is 7.93. The molecule has 102 valence electrons. The number of hydrogen-bond donors (Lipinski definition) is 0. The van der Waals surface area contributed by atoms with Gasteiger partial charge in [-0.25, -0.2) is 0 Å². The topological polar surface area (TPSA) is 3.24 Å². The Balaban J connectivity index is 2.64. The summed E-state index contributed by atoms with van der Waals surface area (Å²) in [5.41, 5.74) is 0.971. The smallest absolute Gasteiger partial charge is 0.0153 e. The molecular weight excluding hydrogens is 206 g/mol. The predicted octanol–water partition coefficient (Wildman–Crippen LogP) is 4.86. The molecule has 1 heterocycles. The van der Waals surface area contributed by atoms with Crippen LogP contribution in [-0.2, 0) is 0 Å². The van der Waals surface area contributed by atoms with Crippen molar-refractivity contribution in [1.82, 2.24) is 4.90 Å². The molecule has 0 aromatic heterocycles. The van der Waals surface area contributed by atoms with E-state index in [0.717, 1.165) is 0 Å². The Morgan fingerprint density at radius 2 is 1.65 bits per heavy atom. The van der Waals surface area contributed by atoms with Gasteiger partial charge in [-0.2, -0.15) is 0 Å². The van der Waals surface area contributed by atoms with Crippen molar-refractivity contribution < 1.29 is 0 Å². The highest BCUT2D eigenvalue weighted by atomic mass is 15.2. The second-order valence-electron chi connectivity index (χ2n) is 7.00. The molecule has 0 aromatic rings. The van der Waals surface area contributed by atoms with Gasteiger partial charge in [0.05, 0.1) is 0 Å². The highest BCUT2D eigenvalue weighted by molar-refractivity contribution is 4.89. The van der Waals surface area contributed by atoms with Crippen LogP contribution in [0.4, 0.5) is 0 Å². The van der Waals surface area contributed by atoms with Gasteiger partial charge in [0.15, 0.2) is 0 Å². The third kappa shape index (κ3) is 4.28. The molecule has 0 radical (unpaired) electrons. The van der Waals surface area contributed by atoms with Crippen molar-refractivity contribution in [3.05, 3.63) is 0 Å². The third-order valence-electron chi connectivity index (χ3n) is 4.60. The van der Waals surface area contributed by atoms with Crippen LogP contribution in [0.15, 0.2) is 0 Å². The molecular formula is C16H33N. The number of hydrogen-bond acceptors (Lipinski definition) is 1. The normalized spacial score (nSPS) is 21.7. The van der Waals surface area contributed by atoms with Crippen molar-refractivity contribution in [2.45, 2.75) is 85.1 Å². The molecule has 0 saturated carbocycles. The molecule has 1 aliphatic heterocycles. The van der Waals surface area contributed by atoms with Gasteiger partial charge < -0.3 is 0 Å². The molecule has 0 bridgehead atoms. The van der Waals surface area contributed by atoms with Crippen LogP contribution in [-0.4, -0.2) is 23.5 Å². The fraction of sp³-hybridized carbons (Fsp3) is 1.00. The highest BCUT2D eigenvalue weighted by Crippen LogP contribution is 2.35. The molecule has 0 spiro atoms. The molecule has 0 aliphatic carbocycles. The van der Waals surface area contributed by atoms with Crippen molar-refractivity contribution in [1.29, 1.82) is 0 Å². The van der Waals surface area contributed by atoms with Crippen LogP contribution in [0.25, 0.3) is 0 Å². The molecule has 17 heavy (non-hydrogen) atoms. The summed E-state index contributed by atoms with van der Waals surface area (Å²) in [5, 5.41) is 0. The summed E-state index contributed by atoms with van der Waals surface area (Å²) in [5.74, 6) is 0. The Labute approximate surface area is 109 Å². The van der Waals surface area contributed by atoms with Crippen LogP contribution >= 0.6 is 0 Å². The average Bonchev–Trinajstić information content (AvgIpc) is 2.22. The molecule has 0 atom stereocenters. The van der Waals surface area contributed by atoms with Gasteiger partial charge in [0.1, 0.15) is 0 Å². The minimum atomic E-state index is 0.432. The summed E-state index contributed by atoms with van der Waals surface area (Å²) in [6.07, 6.45) is 9.61. The van der Waals surface area contributed by atoms with Gasteiger partial charge in [-0.1, -0.05) is 40.0 Å². The quantitative estimate of drug-likeness (QED) is 0.640. The lowest BCUT2D eigenvalue weighted by atomic mass is 9.78. The van der Waals surface area contributed by atoms with Crippen molar-refractivity contribution >= 4 is 0 Å². The zero-order chi connectivity index (χ0) is 12.9. The fourth-order valence-corrected chi connectivity index (χ4v) is 3.57. The monoisotopic (exact) mass is 239 g/mol. The summed E-state index contributed by atoms with van der Waals surface area (Å²) in [7, 11) is 0. The molecule has 0 unspecified atom stereocenters. The summed E-state index contributed by atoms with van der Waals surface area (Å²) in [6.45, 7) is 14.7. The average molecular weight is 239 g/mol. The van der Waals surface area contributed by atoms with Crippen LogP contribution < -0.4 is 0 Å². The van der Waals surface area contributed by atoms with Crippen molar-refractivity contribution in [2.75, 3.05) is 13.1 Å². The minimum Gasteiger partial charge on any atom is -0.298 e. The molecule has 0 amide bonds. The highest BCUT2D eigenvalue weighted by Gasteiger charge is 2.34. The fourth-order valence-electron chi connectivity index (χ4n) is 3.57. The van der Waals surface area contributed by atoms with Crippen LogP contribution in [0, 0.1) is 5.41 Å². The van der Waals surface area contributed by atoms with E-state index in [1.807, 2.05) is 0 Å². The number of likely N-dealkylation sites (tertiary alicyclic amines) is 1. The van der Waals surface area contributed by atoms with E-state index in [-0.39, 0.29) is 0 Å². The SMILES string of the molecule is CCCC(C)(CCC)CN1CCCCC1(C)C. The first-order valence-corrected chi connectivity index (χ1v) is 7.68. The second kappa shape index (κ2) is 6.22. The van der Waals surface area contributed by atoms with Gasteiger partial charge in [-0.15, -0.1) is 0 Å². The van der Waals surface area contributed by atoms with Crippen molar-refractivity contribution in [3.63, 3.8) is 0 Å². The van der Waals surface area contributed by atoms with Gasteiger partial charge >= 0.3 is 0 Å². The van der Waals surface area contributed by atoms with E-state index in [9.17, 15) is 0 Å². The van der Waals surface area contributed by atoms with Gasteiger partial charge in [0.2, 0.25) is 0 Å². The van der Waals surface area contributed by atoms with E-state index in [2.05, 4.69) is 39.5 Å². The van der Waals surface area contributed by atoms with Gasteiger partial charge in [-0.3, -0.25) is 4.90 Å². The Bertz CT molecular complexity index is 214. The summed E-state index contributed by atoms with van der Waals surface area (Å²) < 4.78 is 0. The van der Waals surface area contributed by atoms with Crippen LogP contribution in [0.3, 0.4) is 0 Å². The standard InChI is InChI=1S/C16H33N/c1-6-10-16(5,11-7-2)14-17-13-9-8-12-15(17,3)4/h6-14H2,1-5H3. The summed E-state index contributed by atoms with van der Waals surface area (Å²) in [6, 6.07) is 0. The maximum absolute atomic E-state index is 2.77. The van der Waals surface area contributed by atoms with Gasteiger partial charge in [0.25, 0.3) is 0 Å². The third-order valence-corrected chi connectivity index (χ3v) is 4.60. The molecule has 0 aromatic carbocycles. The van der Waals surface area contributed by atoms with Crippen LogP contribution in [0.1, 0.15) is 79.6 Å². The van der Waals surface area contributed by atoms with Gasteiger partial charge in [-0.05, 0) is 51.5 Å². The Morgan fingerprint density at radius 1 is 1.06 bits per heavy atom. The van der Waals surface area contributed by atoms with E-state index in [1.54, 1.807) is 0 Å². The lowest BCUT2D eigenvalue weighted by Crippen LogP contribution is -2.51. The number of piperidine rings is 1. The maximum atomic E-state index is 2.77. The lowest BCUT2D eigenvalue weighted by molar-refractivity contribution is 0.0280. The van der Waals surface area contributed by atoms with Crippen LogP contribution in [0.5, 0.6) is 0 Å². The molecule has 0 N–H and O–H groups in total. The largest absolute Gasteiger partial charge is 0.298 e. The van der Waals surface area contributed by atoms with E-state index in [0.29, 0.717) is 11.0 Å². The maximum Gasteiger partial charge on any atom is 0.0153 e. The first-order valence-electron chi connectivity index (χ1n) is 7.68. The minimum absolute atomic E-state index is 0.432. The second-order valence-corrected chi connectivity index (χ2v) is 7.00. The lowest BCUT2D eigenvalue weighted by Gasteiger charge is -2.47. The van der Waals surface area contributed by atoms with Crippen LogP contribution in [0.2, 0.25) is 0 Å². The van der Waals surface area contributed by atoms with E-state index >= 15 is 0 Å². The van der Waals surface area contributed by atoms with E-state index < -0.39 is 0 Å². The molecule has 1 saturated heterocycles. The van der Waals surface area contributed by atoms with Gasteiger partial charge in [0, 0.05) is 12.1 Å². The zero-order valence-corrected chi connectivity index (χ0v) is 12.8. The first kappa shape index (κ1) is 15.0. The number of nitrogens with zero attached hydrogens (tertiary/aromatic N) is 1.